The summed E-state index contributed by atoms with van der Waals surface area (Å²) in [7, 11) is 0. The number of nitrogens with one attached hydrogen (secondary N) is 1. The first-order valence-electron chi connectivity index (χ1n) is 7.86. The van der Waals surface area contributed by atoms with Crippen LogP contribution in [-0.4, -0.2) is 25.9 Å². The number of hydrogen-bond acceptors (Lipinski definition) is 5. The molecule has 2 heterocycles. The molecule has 1 unspecified atom stereocenters. The molecule has 0 saturated carbocycles. The molecule has 2 aromatic rings. The van der Waals surface area contributed by atoms with Gasteiger partial charge in [0.15, 0.2) is 0 Å². The standard InChI is InChI=1S/C15H25N5S/c1-4-7-13-15(21-19-18-13)14(16-8-5-2)12-10-17-20(11-12)9-6-3/h10-11,14,16H,4-9H2,1-3H3. The number of nitrogens with zero attached hydrogens (tertiary/aromatic N) is 4. The molecular weight excluding hydrogens is 282 g/mol. The predicted octanol–water partition coefficient (Wildman–Crippen LogP) is 3.19. The van der Waals surface area contributed by atoms with E-state index in [-0.39, 0.29) is 6.04 Å². The van der Waals surface area contributed by atoms with Crippen LogP contribution in [0, 0.1) is 0 Å². The van der Waals surface area contributed by atoms with Gasteiger partial charge in [0.2, 0.25) is 0 Å². The van der Waals surface area contributed by atoms with Gasteiger partial charge in [0.1, 0.15) is 0 Å². The molecule has 0 aliphatic carbocycles. The van der Waals surface area contributed by atoms with Crippen molar-refractivity contribution >= 4 is 11.5 Å². The minimum Gasteiger partial charge on any atom is -0.305 e. The highest BCUT2D eigenvalue weighted by Gasteiger charge is 2.21. The Morgan fingerprint density at radius 3 is 2.81 bits per heavy atom. The van der Waals surface area contributed by atoms with Gasteiger partial charge in [-0.25, -0.2) is 0 Å². The van der Waals surface area contributed by atoms with E-state index in [9.17, 15) is 0 Å². The Bertz CT molecular complexity index is 534. The molecule has 2 aromatic heterocycles. The van der Waals surface area contributed by atoms with Gasteiger partial charge in [-0.3, -0.25) is 4.68 Å². The lowest BCUT2D eigenvalue weighted by Gasteiger charge is -2.16. The van der Waals surface area contributed by atoms with Crippen molar-refractivity contribution in [3.8, 4) is 0 Å². The molecule has 0 spiro atoms. The van der Waals surface area contributed by atoms with Crippen LogP contribution in [0.25, 0.3) is 0 Å². The second kappa shape index (κ2) is 8.24. The lowest BCUT2D eigenvalue weighted by molar-refractivity contribution is 0.588. The van der Waals surface area contributed by atoms with E-state index >= 15 is 0 Å². The molecule has 0 aliphatic rings. The van der Waals surface area contributed by atoms with Gasteiger partial charge in [-0.1, -0.05) is 31.7 Å². The summed E-state index contributed by atoms with van der Waals surface area (Å²) >= 11 is 1.50. The summed E-state index contributed by atoms with van der Waals surface area (Å²) in [5.74, 6) is 0. The van der Waals surface area contributed by atoms with E-state index in [0.717, 1.165) is 44.5 Å². The lowest BCUT2D eigenvalue weighted by Crippen LogP contribution is -2.23. The molecule has 6 heteroatoms. The second-order valence-corrected chi connectivity index (χ2v) is 6.04. The fourth-order valence-electron chi connectivity index (χ4n) is 2.38. The van der Waals surface area contributed by atoms with Crippen molar-refractivity contribution in [2.24, 2.45) is 0 Å². The van der Waals surface area contributed by atoms with Crippen LogP contribution < -0.4 is 5.32 Å². The molecular formula is C15H25N5S. The Morgan fingerprint density at radius 2 is 2.10 bits per heavy atom. The lowest BCUT2D eigenvalue weighted by atomic mass is 10.1. The minimum absolute atomic E-state index is 0.164. The quantitative estimate of drug-likeness (QED) is 0.773. The van der Waals surface area contributed by atoms with E-state index in [0.29, 0.717) is 0 Å². The highest BCUT2D eigenvalue weighted by Crippen LogP contribution is 2.27. The zero-order valence-electron chi connectivity index (χ0n) is 13.2. The van der Waals surface area contributed by atoms with Crippen LogP contribution in [0.3, 0.4) is 0 Å². The molecule has 0 aliphatic heterocycles. The summed E-state index contributed by atoms with van der Waals surface area (Å²) < 4.78 is 6.18. The van der Waals surface area contributed by atoms with Gasteiger partial charge in [-0.05, 0) is 37.3 Å². The van der Waals surface area contributed by atoms with Crippen LogP contribution in [-0.2, 0) is 13.0 Å². The second-order valence-electron chi connectivity index (χ2n) is 5.26. The summed E-state index contributed by atoms with van der Waals surface area (Å²) in [4.78, 5) is 1.24. The number of aryl methyl sites for hydroxylation is 2. The Morgan fingerprint density at radius 1 is 1.24 bits per heavy atom. The molecule has 0 bridgehead atoms. The van der Waals surface area contributed by atoms with Crippen LogP contribution in [0.4, 0.5) is 0 Å². The van der Waals surface area contributed by atoms with Gasteiger partial charge < -0.3 is 5.32 Å². The van der Waals surface area contributed by atoms with Crippen LogP contribution in [0.2, 0.25) is 0 Å². The minimum atomic E-state index is 0.164. The smallest absolute Gasteiger partial charge is 0.0807 e. The molecule has 2 rings (SSSR count). The van der Waals surface area contributed by atoms with Gasteiger partial charge in [-0.15, -0.1) is 5.10 Å². The Labute approximate surface area is 130 Å². The Hall–Kier alpha value is -1.27. The predicted molar refractivity (Wildman–Crippen MR) is 86.6 cm³/mol. The third-order valence-corrected chi connectivity index (χ3v) is 4.20. The Balaban J connectivity index is 2.25. The summed E-state index contributed by atoms with van der Waals surface area (Å²) in [5.41, 5.74) is 2.33. The molecule has 116 valence electrons. The molecule has 0 aromatic carbocycles. The number of rotatable bonds is 9. The van der Waals surface area contributed by atoms with Crippen molar-refractivity contribution in [3.63, 3.8) is 0 Å². The first-order valence-corrected chi connectivity index (χ1v) is 8.64. The fourth-order valence-corrected chi connectivity index (χ4v) is 3.18. The topological polar surface area (TPSA) is 55.6 Å². The summed E-state index contributed by atoms with van der Waals surface area (Å²) in [5, 5.41) is 12.4. The van der Waals surface area contributed by atoms with Crippen LogP contribution in [0.15, 0.2) is 12.4 Å². The van der Waals surface area contributed by atoms with Crippen molar-refractivity contribution in [2.75, 3.05) is 6.54 Å². The maximum absolute atomic E-state index is 4.46. The maximum atomic E-state index is 4.46. The van der Waals surface area contributed by atoms with Crippen molar-refractivity contribution in [2.45, 2.75) is 59.0 Å². The molecule has 0 radical (unpaired) electrons. The van der Waals surface area contributed by atoms with Gasteiger partial charge in [-0.2, -0.15) is 5.10 Å². The van der Waals surface area contributed by atoms with Crippen LogP contribution >= 0.6 is 11.5 Å². The Kier molecular flexibility index (Phi) is 6.32. The van der Waals surface area contributed by atoms with Crippen LogP contribution in [0.1, 0.15) is 62.2 Å². The molecule has 21 heavy (non-hydrogen) atoms. The SMILES string of the molecule is CCCNC(c1cnn(CCC)c1)c1snnc1CCC. The van der Waals surface area contributed by atoms with Crippen molar-refractivity contribution in [3.05, 3.63) is 28.5 Å². The fraction of sp³-hybridized carbons (Fsp3) is 0.667. The first kappa shape index (κ1) is 16.1. The third-order valence-electron chi connectivity index (χ3n) is 3.37. The average Bonchev–Trinajstić information content (AvgIpc) is 3.11. The number of hydrogen-bond donors (Lipinski definition) is 1. The van der Waals surface area contributed by atoms with E-state index in [2.05, 4.69) is 47.0 Å². The van der Waals surface area contributed by atoms with E-state index in [1.165, 1.54) is 22.0 Å². The van der Waals surface area contributed by atoms with Crippen LogP contribution in [0.5, 0.6) is 0 Å². The molecule has 1 atom stereocenters. The molecule has 5 nitrogen and oxygen atoms in total. The normalized spacial score (nSPS) is 12.7. The summed E-state index contributed by atoms with van der Waals surface area (Å²) in [6.07, 6.45) is 8.39. The molecule has 0 fully saturated rings. The molecule has 0 amide bonds. The summed E-state index contributed by atoms with van der Waals surface area (Å²) in [6.45, 7) is 8.47. The average molecular weight is 307 g/mol. The maximum Gasteiger partial charge on any atom is 0.0807 e. The monoisotopic (exact) mass is 307 g/mol. The van der Waals surface area contributed by atoms with Crippen molar-refractivity contribution in [1.29, 1.82) is 0 Å². The number of aromatic nitrogens is 4. The van der Waals surface area contributed by atoms with Gasteiger partial charge >= 0.3 is 0 Å². The third kappa shape index (κ3) is 4.11. The highest BCUT2D eigenvalue weighted by atomic mass is 32.1. The first-order chi connectivity index (χ1) is 10.3. The highest BCUT2D eigenvalue weighted by molar-refractivity contribution is 7.05. The van der Waals surface area contributed by atoms with E-state index in [1.54, 1.807) is 0 Å². The molecule has 0 saturated heterocycles. The van der Waals surface area contributed by atoms with E-state index in [1.807, 2.05) is 10.9 Å². The van der Waals surface area contributed by atoms with Gasteiger partial charge in [0.05, 0.1) is 22.8 Å². The molecule has 1 N–H and O–H groups in total. The van der Waals surface area contributed by atoms with Gasteiger partial charge in [0.25, 0.3) is 0 Å². The zero-order chi connectivity index (χ0) is 15.1. The van der Waals surface area contributed by atoms with Crippen molar-refractivity contribution < 1.29 is 0 Å². The van der Waals surface area contributed by atoms with E-state index < -0.39 is 0 Å². The largest absolute Gasteiger partial charge is 0.305 e. The van der Waals surface area contributed by atoms with Gasteiger partial charge in [0, 0.05) is 18.3 Å². The zero-order valence-corrected chi connectivity index (χ0v) is 14.0. The van der Waals surface area contributed by atoms with Crippen molar-refractivity contribution in [1.82, 2.24) is 24.7 Å². The van der Waals surface area contributed by atoms with E-state index in [4.69, 9.17) is 0 Å². The summed E-state index contributed by atoms with van der Waals surface area (Å²) in [6, 6.07) is 0.164.